The molecule has 1 fully saturated rings. The average molecular weight is 385 g/mol. The SMILES string of the molecule is CNS(=O)(=O)c1cc(C(=O)NC2CCN(C(=O)CC(C)C)CC2)n(C)c1. The van der Waals surface area contributed by atoms with Crippen LogP contribution in [-0.2, 0) is 21.9 Å². The van der Waals surface area contributed by atoms with E-state index in [4.69, 9.17) is 0 Å². The molecule has 0 bridgehead atoms. The molecule has 1 saturated heterocycles. The van der Waals surface area contributed by atoms with Gasteiger partial charge in [0.05, 0.1) is 0 Å². The van der Waals surface area contributed by atoms with Gasteiger partial charge in [-0.05, 0) is 31.9 Å². The van der Waals surface area contributed by atoms with E-state index in [1.54, 1.807) is 7.05 Å². The molecule has 0 spiro atoms. The molecule has 0 unspecified atom stereocenters. The summed E-state index contributed by atoms with van der Waals surface area (Å²) in [6.45, 7) is 5.30. The molecule has 2 amide bonds. The van der Waals surface area contributed by atoms with Gasteiger partial charge in [0, 0.05) is 38.8 Å². The van der Waals surface area contributed by atoms with Crippen molar-refractivity contribution in [2.75, 3.05) is 20.1 Å². The Bertz CT molecular complexity index is 762. The van der Waals surface area contributed by atoms with Gasteiger partial charge in [0.25, 0.3) is 5.91 Å². The predicted molar refractivity (Wildman–Crippen MR) is 98.2 cm³/mol. The maximum Gasteiger partial charge on any atom is 0.268 e. The molecule has 2 N–H and O–H groups in total. The molecule has 9 heteroatoms. The molecular formula is C17H28N4O4S. The van der Waals surface area contributed by atoms with Crippen LogP contribution in [0.3, 0.4) is 0 Å². The molecule has 0 aliphatic carbocycles. The highest BCUT2D eigenvalue weighted by Crippen LogP contribution is 2.16. The smallest absolute Gasteiger partial charge is 0.268 e. The van der Waals surface area contributed by atoms with Gasteiger partial charge >= 0.3 is 0 Å². The Kier molecular flexibility index (Phi) is 6.46. The highest BCUT2D eigenvalue weighted by Gasteiger charge is 2.26. The minimum Gasteiger partial charge on any atom is -0.348 e. The van der Waals surface area contributed by atoms with Crippen LogP contribution in [0.4, 0.5) is 0 Å². The third-order valence-electron chi connectivity index (χ3n) is 4.56. The lowest BCUT2D eigenvalue weighted by Gasteiger charge is -2.32. The number of piperidine rings is 1. The molecule has 1 aromatic heterocycles. The summed E-state index contributed by atoms with van der Waals surface area (Å²) < 4.78 is 27.5. The number of rotatable bonds is 6. The number of likely N-dealkylation sites (tertiary alicyclic amines) is 1. The predicted octanol–water partition coefficient (Wildman–Crippen LogP) is 0.700. The van der Waals surface area contributed by atoms with Gasteiger partial charge < -0.3 is 14.8 Å². The van der Waals surface area contributed by atoms with Crippen LogP contribution in [-0.4, -0.2) is 55.9 Å². The zero-order valence-electron chi connectivity index (χ0n) is 15.8. The Hall–Kier alpha value is -1.87. The van der Waals surface area contributed by atoms with Crippen molar-refractivity contribution < 1.29 is 18.0 Å². The normalized spacial score (nSPS) is 16.1. The first kappa shape index (κ1) is 20.4. The van der Waals surface area contributed by atoms with Crippen molar-refractivity contribution >= 4 is 21.8 Å². The number of sulfonamides is 1. The molecule has 2 rings (SSSR count). The van der Waals surface area contributed by atoms with E-state index in [1.807, 2.05) is 18.7 Å². The van der Waals surface area contributed by atoms with Crippen molar-refractivity contribution in [3.63, 3.8) is 0 Å². The number of amides is 2. The maximum absolute atomic E-state index is 12.5. The molecule has 2 heterocycles. The summed E-state index contributed by atoms with van der Waals surface area (Å²) in [7, 11) is -0.623. The van der Waals surface area contributed by atoms with Gasteiger partial charge in [-0.1, -0.05) is 13.8 Å². The molecular weight excluding hydrogens is 356 g/mol. The fourth-order valence-electron chi connectivity index (χ4n) is 3.04. The lowest BCUT2D eigenvalue weighted by atomic mass is 10.0. The third kappa shape index (κ3) is 4.85. The van der Waals surface area contributed by atoms with E-state index in [0.717, 1.165) is 0 Å². The van der Waals surface area contributed by atoms with Crippen LogP contribution in [0, 0.1) is 5.92 Å². The summed E-state index contributed by atoms with van der Waals surface area (Å²) in [6.07, 6.45) is 3.35. The van der Waals surface area contributed by atoms with Crippen LogP contribution < -0.4 is 10.0 Å². The third-order valence-corrected chi connectivity index (χ3v) is 5.94. The van der Waals surface area contributed by atoms with Gasteiger partial charge in [0.2, 0.25) is 15.9 Å². The monoisotopic (exact) mass is 384 g/mol. The fourth-order valence-corrected chi connectivity index (χ4v) is 3.84. The Labute approximate surface area is 155 Å². The van der Waals surface area contributed by atoms with Crippen molar-refractivity contribution in [2.24, 2.45) is 13.0 Å². The zero-order valence-corrected chi connectivity index (χ0v) is 16.6. The minimum atomic E-state index is -3.59. The highest BCUT2D eigenvalue weighted by atomic mass is 32.2. The first-order chi connectivity index (χ1) is 12.1. The summed E-state index contributed by atoms with van der Waals surface area (Å²) >= 11 is 0. The van der Waals surface area contributed by atoms with Gasteiger partial charge in [-0.2, -0.15) is 0 Å². The molecule has 1 aromatic rings. The maximum atomic E-state index is 12.5. The summed E-state index contributed by atoms with van der Waals surface area (Å²) in [5, 5.41) is 2.95. The number of carbonyl (C=O) groups excluding carboxylic acids is 2. The first-order valence-corrected chi connectivity index (χ1v) is 10.3. The molecule has 146 valence electrons. The Balaban J connectivity index is 1.95. The lowest BCUT2D eigenvalue weighted by Crippen LogP contribution is -2.47. The van der Waals surface area contributed by atoms with Crippen LogP contribution in [0.2, 0.25) is 0 Å². The van der Waals surface area contributed by atoms with Gasteiger partial charge in [-0.25, -0.2) is 13.1 Å². The highest BCUT2D eigenvalue weighted by molar-refractivity contribution is 7.89. The van der Waals surface area contributed by atoms with E-state index in [2.05, 4.69) is 10.0 Å². The lowest BCUT2D eigenvalue weighted by molar-refractivity contribution is -0.133. The molecule has 0 atom stereocenters. The van der Waals surface area contributed by atoms with Crippen molar-refractivity contribution in [3.8, 4) is 0 Å². The molecule has 0 radical (unpaired) electrons. The molecule has 1 aliphatic heterocycles. The first-order valence-electron chi connectivity index (χ1n) is 8.82. The van der Waals surface area contributed by atoms with E-state index >= 15 is 0 Å². The Morgan fingerprint density at radius 3 is 2.42 bits per heavy atom. The summed E-state index contributed by atoms with van der Waals surface area (Å²) in [5.41, 5.74) is 0.289. The van der Waals surface area contributed by atoms with E-state index in [1.165, 1.54) is 23.9 Å². The van der Waals surface area contributed by atoms with Crippen molar-refractivity contribution in [1.82, 2.24) is 19.5 Å². The molecule has 8 nitrogen and oxygen atoms in total. The van der Waals surface area contributed by atoms with E-state index in [0.29, 0.717) is 38.3 Å². The number of hydrogen-bond donors (Lipinski definition) is 2. The summed E-state index contributed by atoms with van der Waals surface area (Å²) in [6, 6.07) is 1.34. The van der Waals surface area contributed by atoms with Crippen LogP contribution in [0.1, 0.15) is 43.6 Å². The fraction of sp³-hybridized carbons (Fsp3) is 0.647. The summed E-state index contributed by atoms with van der Waals surface area (Å²) in [4.78, 5) is 26.5. The van der Waals surface area contributed by atoms with Crippen LogP contribution >= 0.6 is 0 Å². The number of aryl methyl sites for hydroxylation is 1. The molecule has 0 aromatic carbocycles. The number of aromatic nitrogens is 1. The van der Waals surface area contributed by atoms with E-state index < -0.39 is 10.0 Å². The number of nitrogens with one attached hydrogen (secondary N) is 2. The van der Waals surface area contributed by atoms with Crippen LogP contribution in [0.15, 0.2) is 17.2 Å². The number of carbonyl (C=O) groups is 2. The van der Waals surface area contributed by atoms with E-state index in [9.17, 15) is 18.0 Å². The van der Waals surface area contributed by atoms with Crippen LogP contribution in [0.5, 0.6) is 0 Å². The molecule has 0 saturated carbocycles. The van der Waals surface area contributed by atoms with Gasteiger partial charge in [0.1, 0.15) is 10.6 Å². The standard InChI is InChI=1S/C17H28N4O4S/c1-12(2)9-16(22)21-7-5-13(6-8-21)19-17(23)15-10-14(11-20(15)4)26(24,25)18-3/h10-13,18H,5-9H2,1-4H3,(H,19,23). The second kappa shape index (κ2) is 8.22. The number of hydrogen-bond acceptors (Lipinski definition) is 4. The van der Waals surface area contributed by atoms with Gasteiger partial charge in [-0.3, -0.25) is 9.59 Å². The zero-order chi connectivity index (χ0) is 19.5. The second-order valence-electron chi connectivity index (χ2n) is 7.11. The van der Waals surface area contributed by atoms with Gasteiger partial charge in [-0.15, -0.1) is 0 Å². The Morgan fingerprint density at radius 1 is 1.27 bits per heavy atom. The van der Waals surface area contributed by atoms with E-state index in [-0.39, 0.29) is 28.4 Å². The largest absolute Gasteiger partial charge is 0.348 e. The second-order valence-corrected chi connectivity index (χ2v) is 8.99. The molecule has 1 aliphatic rings. The van der Waals surface area contributed by atoms with Gasteiger partial charge in [0.15, 0.2) is 0 Å². The van der Waals surface area contributed by atoms with Crippen molar-refractivity contribution in [2.45, 2.75) is 44.0 Å². The van der Waals surface area contributed by atoms with Crippen molar-refractivity contribution in [1.29, 1.82) is 0 Å². The minimum absolute atomic E-state index is 0.0233. The average Bonchev–Trinajstić information content (AvgIpc) is 2.97. The quantitative estimate of drug-likeness (QED) is 0.754. The topological polar surface area (TPSA) is 101 Å². The summed E-state index contributed by atoms with van der Waals surface area (Å²) in [5.74, 6) is 0.187. The number of nitrogens with zero attached hydrogens (tertiary/aromatic N) is 2. The Morgan fingerprint density at radius 2 is 1.88 bits per heavy atom. The van der Waals surface area contributed by atoms with Crippen LogP contribution in [0.25, 0.3) is 0 Å². The van der Waals surface area contributed by atoms with Crippen molar-refractivity contribution in [3.05, 3.63) is 18.0 Å². The molecule has 26 heavy (non-hydrogen) atoms.